The van der Waals surface area contributed by atoms with Crippen LogP contribution in [-0.4, -0.2) is 40.5 Å². The van der Waals surface area contributed by atoms with Crippen LogP contribution in [0.25, 0.3) is 0 Å². The number of rotatable bonds is 7. The molecule has 0 spiro atoms. The Morgan fingerprint density at radius 3 is 2.60 bits per heavy atom. The third-order valence-electron chi connectivity index (χ3n) is 3.50. The zero-order valence-corrected chi connectivity index (χ0v) is 15.8. The van der Waals surface area contributed by atoms with Crippen molar-refractivity contribution >= 4 is 29.2 Å². The number of halogens is 2. The van der Waals surface area contributed by atoms with Crippen LogP contribution in [-0.2, 0) is 13.5 Å². The van der Waals surface area contributed by atoms with Crippen molar-refractivity contribution in [1.29, 1.82) is 0 Å². The number of aryl methyl sites for hydroxylation is 1. The molecule has 8 heteroatoms. The first-order chi connectivity index (χ1) is 12.0. The number of aliphatic hydroxyl groups is 1. The predicted molar refractivity (Wildman–Crippen MR) is 102 cm³/mol. The first kappa shape index (κ1) is 19.6. The number of aliphatic hydroxyl groups excluding tert-OH is 1. The van der Waals surface area contributed by atoms with E-state index in [1.807, 2.05) is 26.4 Å². The largest absolute Gasteiger partial charge is 0.386 e. The number of hydrogen-bond donors (Lipinski definition) is 3. The Bertz CT molecular complexity index is 697. The van der Waals surface area contributed by atoms with Gasteiger partial charge >= 0.3 is 0 Å². The maximum absolute atomic E-state index is 10.3. The van der Waals surface area contributed by atoms with Gasteiger partial charge in [0.05, 0.1) is 18.8 Å². The van der Waals surface area contributed by atoms with E-state index in [2.05, 4.69) is 20.7 Å². The predicted octanol–water partition coefficient (Wildman–Crippen LogP) is 2.56. The second kappa shape index (κ2) is 9.65. The molecule has 0 saturated heterocycles. The number of nitrogens with one attached hydrogen (secondary N) is 2. The standard InChI is InChI=1S/C17H23Cl2N5O/c1-3-20-17(21-5-4-12-9-23-24(2)11-12)22-10-16(25)13-6-14(18)8-15(19)7-13/h6-9,11,16,25H,3-5,10H2,1-2H3,(H2,20,21,22). The van der Waals surface area contributed by atoms with Crippen molar-refractivity contribution in [2.75, 3.05) is 19.6 Å². The van der Waals surface area contributed by atoms with Crippen molar-refractivity contribution in [3.05, 3.63) is 51.8 Å². The summed E-state index contributed by atoms with van der Waals surface area (Å²) in [4.78, 5) is 4.42. The fraction of sp³-hybridized carbons (Fsp3) is 0.412. The highest BCUT2D eigenvalue weighted by atomic mass is 35.5. The monoisotopic (exact) mass is 383 g/mol. The number of aromatic nitrogens is 2. The van der Waals surface area contributed by atoms with E-state index in [0.717, 1.165) is 25.1 Å². The normalized spacial score (nSPS) is 12.9. The second-order valence-corrected chi connectivity index (χ2v) is 6.51. The molecule has 0 aliphatic heterocycles. The summed E-state index contributed by atoms with van der Waals surface area (Å²) < 4.78 is 1.78. The SMILES string of the molecule is CCNC(=NCC(O)c1cc(Cl)cc(Cl)c1)NCCc1cnn(C)c1. The molecule has 0 amide bonds. The molecular weight excluding hydrogens is 361 g/mol. The van der Waals surface area contributed by atoms with Crippen LogP contribution in [0.1, 0.15) is 24.2 Å². The van der Waals surface area contributed by atoms with E-state index >= 15 is 0 Å². The van der Waals surface area contributed by atoms with E-state index in [1.54, 1.807) is 22.9 Å². The van der Waals surface area contributed by atoms with E-state index in [9.17, 15) is 5.11 Å². The minimum atomic E-state index is -0.773. The lowest BCUT2D eigenvalue weighted by atomic mass is 10.1. The van der Waals surface area contributed by atoms with Crippen molar-refractivity contribution < 1.29 is 5.11 Å². The molecular formula is C17H23Cl2N5O. The van der Waals surface area contributed by atoms with E-state index in [-0.39, 0.29) is 6.54 Å². The lowest BCUT2D eigenvalue weighted by Crippen LogP contribution is -2.38. The van der Waals surface area contributed by atoms with Crippen molar-refractivity contribution in [2.45, 2.75) is 19.4 Å². The van der Waals surface area contributed by atoms with Gasteiger partial charge in [0.1, 0.15) is 0 Å². The van der Waals surface area contributed by atoms with Crippen molar-refractivity contribution in [3.8, 4) is 0 Å². The first-order valence-electron chi connectivity index (χ1n) is 8.11. The van der Waals surface area contributed by atoms with Crippen LogP contribution in [0.3, 0.4) is 0 Å². The molecule has 0 fully saturated rings. The molecule has 0 bridgehead atoms. The number of hydrogen-bond acceptors (Lipinski definition) is 3. The quantitative estimate of drug-likeness (QED) is 0.507. The second-order valence-electron chi connectivity index (χ2n) is 5.64. The number of nitrogens with zero attached hydrogens (tertiary/aromatic N) is 3. The molecule has 1 aromatic carbocycles. The molecule has 25 heavy (non-hydrogen) atoms. The lowest BCUT2D eigenvalue weighted by Gasteiger charge is -2.13. The molecule has 0 radical (unpaired) electrons. The summed E-state index contributed by atoms with van der Waals surface area (Å²) in [6.45, 7) is 3.65. The first-order valence-corrected chi connectivity index (χ1v) is 8.87. The Balaban J connectivity index is 1.91. The number of aliphatic imine (C=N–C) groups is 1. The summed E-state index contributed by atoms with van der Waals surface area (Å²) in [5.74, 6) is 0.651. The Hall–Kier alpha value is -1.76. The topological polar surface area (TPSA) is 74.5 Å². The fourth-order valence-corrected chi connectivity index (χ4v) is 2.86. The molecule has 2 aromatic rings. The van der Waals surface area contributed by atoms with E-state index in [1.165, 1.54) is 0 Å². The highest BCUT2D eigenvalue weighted by molar-refractivity contribution is 6.34. The van der Waals surface area contributed by atoms with Gasteiger partial charge in [0, 0.05) is 36.4 Å². The zero-order chi connectivity index (χ0) is 18.2. The van der Waals surface area contributed by atoms with Crippen molar-refractivity contribution in [1.82, 2.24) is 20.4 Å². The van der Waals surface area contributed by atoms with E-state index < -0.39 is 6.10 Å². The van der Waals surface area contributed by atoms with Gasteiger partial charge in [-0.05, 0) is 42.7 Å². The maximum atomic E-state index is 10.3. The van der Waals surface area contributed by atoms with Crippen molar-refractivity contribution in [2.24, 2.45) is 12.0 Å². The highest BCUT2D eigenvalue weighted by Gasteiger charge is 2.09. The van der Waals surface area contributed by atoms with Gasteiger partial charge in [-0.25, -0.2) is 0 Å². The van der Waals surface area contributed by atoms with Gasteiger partial charge in [-0.3, -0.25) is 9.67 Å². The third kappa shape index (κ3) is 6.57. The summed E-state index contributed by atoms with van der Waals surface area (Å²) >= 11 is 11.9. The van der Waals surface area contributed by atoms with Gasteiger partial charge in [0.15, 0.2) is 5.96 Å². The molecule has 136 valence electrons. The van der Waals surface area contributed by atoms with Crippen LogP contribution >= 0.6 is 23.2 Å². The summed E-state index contributed by atoms with van der Waals surface area (Å²) in [5, 5.41) is 21.8. The van der Waals surface area contributed by atoms with Crippen molar-refractivity contribution in [3.63, 3.8) is 0 Å². The van der Waals surface area contributed by atoms with Gasteiger partial charge in [-0.15, -0.1) is 0 Å². The Kier molecular flexibility index (Phi) is 7.55. The van der Waals surface area contributed by atoms with Gasteiger partial charge < -0.3 is 15.7 Å². The van der Waals surface area contributed by atoms with Gasteiger partial charge in [0.25, 0.3) is 0 Å². The molecule has 6 nitrogen and oxygen atoms in total. The molecule has 1 heterocycles. The Morgan fingerprint density at radius 2 is 2.00 bits per heavy atom. The van der Waals surface area contributed by atoms with Crippen LogP contribution in [0.4, 0.5) is 0 Å². The molecule has 2 rings (SSSR count). The average Bonchev–Trinajstić information content (AvgIpc) is 2.96. The minimum absolute atomic E-state index is 0.207. The van der Waals surface area contributed by atoms with Gasteiger partial charge in [0.2, 0.25) is 0 Å². The molecule has 0 saturated carbocycles. The molecule has 1 unspecified atom stereocenters. The van der Waals surface area contributed by atoms with E-state index in [0.29, 0.717) is 21.6 Å². The molecule has 1 atom stereocenters. The minimum Gasteiger partial charge on any atom is -0.386 e. The van der Waals surface area contributed by atoms with Gasteiger partial charge in [-0.2, -0.15) is 5.10 Å². The Morgan fingerprint density at radius 1 is 1.28 bits per heavy atom. The van der Waals surface area contributed by atoms with Gasteiger partial charge in [-0.1, -0.05) is 23.2 Å². The van der Waals surface area contributed by atoms with E-state index in [4.69, 9.17) is 23.2 Å². The lowest BCUT2D eigenvalue weighted by molar-refractivity contribution is 0.187. The molecule has 0 aliphatic carbocycles. The molecule has 0 aliphatic rings. The fourth-order valence-electron chi connectivity index (χ4n) is 2.32. The van der Waals surface area contributed by atoms with Crippen LogP contribution in [0.5, 0.6) is 0 Å². The molecule has 1 aromatic heterocycles. The number of guanidine groups is 1. The zero-order valence-electron chi connectivity index (χ0n) is 14.3. The Labute approximate surface area is 157 Å². The third-order valence-corrected chi connectivity index (χ3v) is 3.94. The van der Waals surface area contributed by atoms with Crippen LogP contribution < -0.4 is 10.6 Å². The average molecular weight is 384 g/mol. The maximum Gasteiger partial charge on any atom is 0.191 e. The highest BCUT2D eigenvalue weighted by Crippen LogP contribution is 2.23. The van der Waals surface area contributed by atoms with Crippen LogP contribution in [0, 0.1) is 0 Å². The summed E-state index contributed by atoms with van der Waals surface area (Å²) in [6, 6.07) is 5.01. The summed E-state index contributed by atoms with van der Waals surface area (Å²) in [7, 11) is 1.89. The van der Waals surface area contributed by atoms with Crippen LogP contribution in [0.15, 0.2) is 35.6 Å². The van der Waals surface area contributed by atoms with Crippen LogP contribution in [0.2, 0.25) is 10.0 Å². The number of benzene rings is 1. The summed E-state index contributed by atoms with van der Waals surface area (Å²) in [5.41, 5.74) is 1.80. The summed E-state index contributed by atoms with van der Waals surface area (Å²) in [6.07, 6.45) is 3.89. The smallest absolute Gasteiger partial charge is 0.191 e. The molecule has 3 N–H and O–H groups in total.